The van der Waals surface area contributed by atoms with Crippen molar-refractivity contribution in [1.29, 1.82) is 0 Å². The second kappa shape index (κ2) is 6.00. The molecule has 0 spiro atoms. The topological polar surface area (TPSA) is 43.8 Å². The van der Waals surface area contributed by atoms with E-state index in [9.17, 15) is 0 Å². The van der Waals surface area contributed by atoms with Gasteiger partial charge in [0, 0.05) is 35.6 Å². The summed E-state index contributed by atoms with van der Waals surface area (Å²) in [6.07, 6.45) is 6.73. The highest BCUT2D eigenvalue weighted by Gasteiger charge is 2.09. The van der Waals surface area contributed by atoms with Crippen LogP contribution in [-0.4, -0.2) is 15.6 Å². The Kier molecular flexibility index (Phi) is 4.08. The quantitative estimate of drug-likeness (QED) is 0.784. The molecule has 3 nitrogen and oxygen atoms in total. The Morgan fingerprint density at radius 3 is 2.90 bits per heavy atom. The molecule has 21 heavy (non-hydrogen) atoms. The average Bonchev–Trinajstić information content (AvgIpc) is 2.82. The van der Waals surface area contributed by atoms with Crippen molar-refractivity contribution >= 4 is 26.8 Å². The second-order valence-corrected chi connectivity index (χ2v) is 6.41. The number of halogens is 1. The minimum absolute atomic E-state index is 0.159. The molecule has 2 aromatic heterocycles. The van der Waals surface area contributed by atoms with E-state index in [4.69, 9.17) is 5.73 Å². The molecule has 108 valence electrons. The van der Waals surface area contributed by atoms with Crippen LogP contribution in [0.15, 0.2) is 53.4 Å². The molecule has 0 saturated heterocycles. The van der Waals surface area contributed by atoms with Gasteiger partial charge in [-0.1, -0.05) is 18.2 Å². The number of nitrogens with two attached hydrogens (primary N) is 1. The summed E-state index contributed by atoms with van der Waals surface area (Å²) in [6, 6.07) is 10.8. The minimum atomic E-state index is 0.159. The number of aromatic nitrogens is 2. The summed E-state index contributed by atoms with van der Waals surface area (Å²) in [6.45, 7) is 2.86. The van der Waals surface area contributed by atoms with E-state index < -0.39 is 0 Å². The van der Waals surface area contributed by atoms with Gasteiger partial charge >= 0.3 is 0 Å². The van der Waals surface area contributed by atoms with Crippen LogP contribution in [0.1, 0.15) is 18.1 Å². The van der Waals surface area contributed by atoms with Gasteiger partial charge in [0.1, 0.15) is 0 Å². The van der Waals surface area contributed by atoms with Crippen LogP contribution in [0.4, 0.5) is 0 Å². The number of para-hydroxylation sites is 1. The van der Waals surface area contributed by atoms with Crippen molar-refractivity contribution in [3.63, 3.8) is 0 Å². The van der Waals surface area contributed by atoms with Gasteiger partial charge in [-0.15, -0.1) is 0 Å². The van der Waals surface area contributed by atoms with Crippen LogP contribution in [0, 0.1) is 0 Å². The summed E-state index contributed by atoms with van der Waals surface area (Å²) in [4.78, 5) is 4.24. The molecule has 0 aliphatic rings. The summed E-state index contributed by atoms with van der Waals surface area (Å²) in [5.74, 6) is 0. The van der Waals surface area contributed by atoms with Crippen molar-refractivity contribution in [2.24, 2.45) is 5.73 Å². The molecule has 0 aliphatic carbocycles. The molecule has 1 atom stereocenters. The van der Waals surface area contributed by atoms with E-state index in [2.05, 4.69) is 62.0 Å². The smallest absolute Gasteiger partial charge is 0.0516 e. The van der Waals surface area contributed by atoms with Crippen molar-refractivity contribution in [2.45, 2.75) is 25.9 Å². The first-order valence-corrected chi connectivity index (χ1v) is 7.84. The number of hydrogen-bond donors (Lipinski definition) is 1. The molecule has 4 heteroatoms. The summed E-state index contributed by atoms with van der Waals surface area (Å²) < 4.78 is 3.28. The number of rotatable bonds is 4. The minimum Gasteiger partial charge on any atom is -0.343 e. The first-order chi connectivity index (χ1) is 10.1. The Morgan fingerprint density at radius 2 is 2.14 bits per heavy atom. The number of hydrogen-bond acceptors (Lipinski definition) is 2. The van der Waals surface area contributed by atoms with Crippen molar-refractivity contribution in [2.75, 3.05) is 0 Å². The number of fused-ring (bicyclic) bond motifs is 1. The fraction of sp³-hybridized carbons (Fsp3) is 0.235. The Hall–Kier alpha value is -1.65. The zero-order valence-corrected chi connectivity index (χ0v) is 13.5. The molecular weight excluding hydrogens is 326 g/mol. The van der Waals surface area contributed by atoms with Crippen LogP contribution < -0.4 is 5.73 Å². The first-order valence-electron chi connectivity index (χ1n) is 7.05. The van der Waals surface area contributed by atoms with Crippen LogP contribution in [0.5, 0.6) is 0 Å². The van der Waals surface area contributed by atoms with Gasteiger partial charge in [-0.3, -0.25) is 4.98 Å². The van der Waals surface area contributed by atoms with Gasteiger partial charge in [-0.05, 0) is 57.9 Å². The van der Waals surface area contributed by atoms with Gasteiger partial charge < -0.3 is 10.3 Å². The molecule has 0 aliphatic heterocycles. The lowest BCUT2D eigenvalue weighted by atomic mass is 10.0. The summed E-state index contributed by atoms with van der Waals surface area (Å²) >= 11 is 3.47. The third-order valence-corrected chi connectivity index (χ3v) is 3.96. The predicted molar refractivity (Wildman–Crippen MR) is 90.3 cm³/mol. The molecule has 3 rings (SSSR count). The predicted octanol–water partition coefficient (Wildman–Crippen LogP) is 3.74. The Bertz CT molecular complexity index is 762. The molecule has 1 unspecified atom stereocenters. The molecule has 0 fully saturated rings. The zero-order chi connectivity index (χ0) is 14.8. The fourth-order valence-electron chi connectivity index (χ4n) is 2.72. The molecule has 0 saturated carbocycles. The second-order valence-electron chi connectivity index (χ2n) is 5.49. The van der Waals surface area contributed by atoms with Gasteiger partial charge in [0.15, 0.2) is 0 Å². The Balaban J connectivity index is 2.02. The summed E-state index contributed by atoms with van der Waals surface area (Å²) in [7, 11) is 0. The van der Waals surface area contributed by atoms with E-state index >= 15 is 0 Å². The fourth-order valence-corrected chi connectivity index (χ4v) is 3.14. The normalized spacial score (nSPS) is 12.7. The monoisotopic (exact) mass is 343 g/mol. The van der Waals surface area contributed by atoms with Gasteiger partial charge in [0.05, 0.1) is 5.52 Å². The molecule has 1 aromatic carbocycles. The van der Waals surface area contributed by atoms with E-state index in [0.717, 1.165) is 17.4 Å². The van der Waals surface area contributed by atoms with Crippen LogP contribution in [0.3, 0.4) is 0 Å². The van der Waals surface area contributed by atoms with Gasteiger partial charge in [0.25, 0.3) is 0 Å². The number of nitrogens with zero attached hydrogens (tertiary/aromatic N) is 2. The van der Waals surface area contributed by atoms with Crippen LogP contribution in [-0.2, 0) is 13.0 Å². The van der Waals surface area contributed by atoms with Crippen molar-refractivity contribution in [3.8, 4) is 0 Å². The van der Waals surface area contributed by atoms with Gasteiger partial charge in [-0.25, -0.2) is 0 Å². The molecule has 0 amide bonds. The van der Waals surface area contributed by atoms with E-state index in [1.54, 1.807) is 6.20 Å². The molecule has 0 radical (unpaired) electrons. The lowest BCUT2D eigenvalue weighted by Gasteiger charge is -2.12. The molecule has 0 bridgehead atoms. The lowest BCUT2D eigenvalue weighted by Crippen LogP contribution is -2.18. The standard InChI is InChI=1S/C17H18BrN3/c1-12(19)7-15-4-2-3-14-5-6-21(17(14)15)11-13-8-16(18)10-20-9-13/h2-6,8-10,12H,7,11,19H2,1H3. The van der Waals surface area contributed by atoms with Gasteiger partial charge in [0.2, 0.25) is 0 Å². The highest BCUT2D eigenvalue weighted by atomic mass is 79.9. The highest BCUT2D eigenvalue weighted by molar-refractivity contribution is 9.10. The van der Waals surface area contributed by atoms with Gasteiger partial charge in [-0.2, -0.15) is 0 Å². The lowest BCUT2D eigenvalue weighted by molar-refractivity contribution is 0.734. The zero-order valence-electron chi connectivity index (χ0n) is 12.0. The highest BCUT2D eigenvalue weighted by Crippen LogP contribution is 2.23. The largest absolute Gasteiger partial charge is 0.343 e. The van der Waals surface area contributed by atoms with E-state index in [1.165, 1.54) is 22.0 Å². The van der Waals surface area contributed by atoms with E-state index in [1.807, 2.05) is 13.1 Å². The summed E-state index contributed by atoms with van der Waals surface area (Å²) in [5.41, 5.74) is 9.73. The van der Waals surface area contributed by atoms with Crippen LogP contribution in [0.25, 0.3) is 10.9 Å². The molecular formula is C17H18BrN3. The maximum absolute atomic E-state index is 5.98. The first kappa shape index (κ1) is 14.3. The van der Waals surface area contributed by atoms with Crippen LogP contribution in [0.2, 0.25) is 0 Å². The number of benzene rings is 1. The summed E-state index contributed by atoms with van der Waals surface area (Å²) in [5, 5.41) is 1.26. The van der Waals surface area contributed by atoms with E-state index in [0.29, 0.717) is 0 Å². The Morgan fingerprint density at radius 1 is 1.29 bits per heavy atom. The third kappa shape index (κ3) is 3.17. The third-order valence-electron chi connectivity index (χ3n) is 3.53. The van der Waals surface area contributed by atoms with Crippen molar-refractivity contribution < 1.29 is 0 Å². The molecule has 3 aromatic rings. The molecule has 2 heterocycles. The number of pyridine rings is 1. The molecule has 2 N–H and O–H groups in total. The maximum Gasteiger partial charge on any atom is 0.0516 e. The van der Waals surface area contributed by atoms with Crippen molar-refractivity contribution in [1.82, 2.24) is 9.55 Å². The SMILES string of the molecule is CC(N)Cc1cccc2ccn(Cc3cncc(Br)c3)c12. The van der Waals surface area contributed by atoms with Crippen molar-refractivity contribution in [3.05, 3.63) is 64.5 Å². The maximum atomic E-state index is 5.98. The van der Waals surface area contributed by atoms with Crippen LogP contribution >= 0.6 is 15.9 Å². The average molecular weight is 344 g/mol. The Labute approximate surface area is 132 Å². The van der Waals surface area contributed by atoms with E-state index in [-0.39, 0.29) is 6.04 Å².